The van der Waals surface area contributed by atoms with Crippen LogP contribution in [0.15, 0.2) is 35.6 Å². The van der Waals surface area contributed by atoms with Crippen molar-refractivity contribution >= 4 is 29.3 Å². The van der Waals surface area contributed by atoms with Crippen LogP contribution in [0, 0.1) is 5.41 Å². The Kier molecular flexibility index (Phi) is 5.88. The molecule has 0 atom stereocenters. The maximum absolute atomic E-state index is 13.2. The molecule has 31 heavy (non-hydrogen) atoms. The molecule has 0 spiro atoms. The number of aromatic nitrogens is 4. The molecule has 1 N–H and O–H groups in total. The van der Waals surface area contributed by atoms with Crippen molar-refractivity contribution in [3.05, 3.63) is 58.5 Å². The number of carbonyl (C=O) groups excluding carboxylic acids is 1. The summed E-state index contributed by atoms with van der Waals surface area (Å²) in [6.45, 7) is 6.64. The number of nitrogens with one attached hydrogen (secondary N) is 1. The lowest BCUT2D eigenvalue weighted by Gasteiger charge is -2.10. The molecule has 2 heterocycles. The van der Waals surface area contributed by atoms with Crippen LogP contribution in [0.2, 0.25) is 0 Å². The number of carbonyl (C=O) groups is 1. The summed E-state index contributed by atoms with van der Waals surface area (Å²) < 4.78 is 10.5. The second-order valence-electron chi connectivity index (χ2n) is 7.80. The fraction of sp³-hybridized carbons (Fsp3) is 0.391. The summed E-state index contributed by atoms with van der Waals surface area (Å²) in [5.41, 5.74) is 3.00. The van der Waals surface area contributed by atoms with E-state index in [2.05, 4.69) is 11.1 Å². The Bertz CT molecular complexity index is 1200. The predicted octanol–water partition coefficient (Wildman–Crippen LogP) is 3.37. The molecule has 1 aromatic carbocycles. The molecule has 0 bridgehead atoms. The molecule has 1 aliphatic rings. The maximum atomic E-state index is 13.2. The van der Waals surface area contributed by atoms with Gasteiger partial charge in [0.25, 0.3) is 0 Å². The zero-order valence-corrected chi connectivity index (χ0v) is 17.7. The summed E-state index contributed by atoms with van der Waals surface area (Å²) in [6, 6.07) is 8.08. The first-order chi connectivity index (χ1) is 15.0. The smallest absolute Gasteiger partial charge is 0.329 e. The summed E-state index contributed by atoms with van der Waals surface area (Å²) in [5.74, 6) is 0.493. The highest BCUT2D eigenvalue weighted by Gasteiger charge is 2.30. The largest absolute Gasteiger partial charge is 0.466 e. The van der Waals surface area contributed by atoms with E-state index in [1.165, 1.54) is 13.1 Å². The third-order valence-electron chi connectivity index (χ3n) is 5.61. The van der Waals surface area contributed by atoms with Gasteiger partial charge >= 0.3 is 11.7 Å². The Hall–Kier alpha value is -3.42. The molecule has 0 aliphatic heterocycles. The molecule has 0 radical (unpaired) electrons. The second kappa shape index (κ2) is 8.75. The van der Waals surface area contributed by atoms with Gasteiger partial charge in [-0.1, -0.05) is 18.7 Å². The zero-order valence-electron chi connectivity index (χ0n) is 17.7. The van der Waals surface area contributed by atoms with E-state index < -0.39 is 0 Å². The quantitative estimate of drug-likeness (QED) is 0.308. The highest BCUT2D eigenvalue weighted by atomic mass is 16.5. The van der Waals surface area contributed by atoms with Gasteiger partial charge in [0, 0.05) is 25.7 Å². The third-order valence-corrected chi connectivity index (χ3v) is 5.61. The number of para-hydroxylation sites is 2. The van der Waals surface area contributed by atoms with Gasteiger partial charge in [-0.2, -0.15) is 0 Å². The van der Waals surface area contributed by atoms with E-state index in [0.29, 0.717) is 24.5 Å². The lowest BCUT2D eigenvalue weighted by atomic mass is 10.3. The number of ether oxygens (including phenoxy) is 1. The lowest BCUT2D eigenvalue weighted by molar-refractivity contribution is -0.141. The predicted molar refractivity (Wildman–Crippen MR) is 120 cm³/mol. The number of hydrogen-bond donors (Lipinski definition) is 1. The Labute approximate surface area is 180 Å². The Balaban J connectivity index is 1.67. The monoisotopic (exact) mass is 421 g/mol. The first-order valence-electron chi connectivity index (χ1n) is 10.6. The molecular weight excluding hydrogens is 394 g/mol. The van der Waals surface area contributed by atoms with Crippen LogP contribution in [-0.2, 0) is 22.6 Å². The Morgan fingerprint density at radius 2 is 2.03 bits per heavy atom. The van der Waals surface area contributed by atoms with E-state index in [9.17, 15) is 9.59 Å². The summed E-state index contributed by atoms with van der Waals surface area (Å²) in [6.07, 6.45) is 6.40. The number of rotatable bonds is 10. The Morgan fingerprint density at radius 1 is 1.26 bits per heavy atom. The van der Waals surface area contributed by atoms with Crippen LogP contribution in [0.3, 0.4) is 0 Å². The number of imidazole rings is 2. The molecule has 162 valence electrons. The molecule has 0 saturated heterocycles. The second-order valence-corrected chi connectivity index (χ2v) is 7.80. The van der Waals surface area contributed by atoms with E-state index >= 15 is 0 Å². The average molecular weight is 422 g/mol. The van der Waals surface area contributed by atoms with Crippen molar-refractivity contribution in [1.29, 1.82) is 5.41 Å². The van der Waals surface area contributed by atoms with Crippen LogP contribution in [0.25, 0.3) is 17.1 Å². The van der Waals surface area contributed by atoms with Gasteiger partial charge in [0.05, 0.1) is 35.6 Å². The minimum absolute atomic E-state index is 0.121. The fourth-order valence-corrected chi connectivity index (χ4v) is 4.02. The standard InChI is InChI=1S/C23H27N5O3/c1-3-19-21(14-24)27(23(30)28(19)17-10-11-17)15-22-25-18-8-4-5-9-20(18)26(22)12-6-7-13-31-16(2)29/h3-5,8-9,14,17,24H,1,6-7,10-13,15H2,2H3. The molecule has 8 heteroatoms. The molecule has 2 aromatic heterocycles. The molecule has 1 fully saturated rings. The first-order valence-corrected chi connectivity index (χ1v) is 10.6. The van der Waals surface area contributed by atoms with Gasteiger partial charge in [0.15, 0.2) is 0 Å². The number of fused-ring (bicyclic) bond motifs is 1. The first kappa shape index (κ1) is 20.8. The van der Waals surface area contributed by atoms with Crippen molar-refractivity contribution in [2.24, 2.45) is 0 Å². The van der Waals surface area contributed by atoms with Gasteiger partial charge in [-0.05, 0) is 43.9 Å². The van der Waals surface area contributed by atoms with Crippen LogP contribution >= 0.6 is 0 Å². The van der Waals surface area contributed by atoms with Gasteiger partial charge in [0.1, 0.15) is 5.82 Å². The van der Waals surface area contributed by atoms with Gasteiger partial charge in [0.2, 0.25) is 0 Å². The number of benzene rings is 1. The number of aryl methyl sites for hydroxylation is 1. The van der Waals surface area contributed by atoms with Crippen LogP contribution in [0.1, 0.15) is 55.9 Å². The van der Waals surface area contributed by atoms with Crippen LogP contribution in [0.4, 0.5) is 0 Å². The van der Waals surface area contributed by atoms with Crippen molar-refractivity contribution in [2.75, 3.05) is 6.61 Å². The Morgan fingerprint density at radius 3 is 2.71 bits per heavy atom. The number of hydrogen-bond acceptors (Lipinski definition) is 5. The minimum Gasteiger partial charge on any atom is -0.466 e. The molecule has 8 nitrogen and oxygen atoms in total. The molecule has 0 amide bonds. The normalized spacial score (nSPS) is 13.5. The highest BCUT2D eigenvalue weighted by Crippen LogP contribution is 2.35. The van der Waals surface area contributed by atoms with Crippen molar-refractivity contribution in [2.45, 2.75) is 51.7 Å². The van der Waals surface area contributed by atoms with Gasteiger partial charge in [-0.3, -0.25) is 13.9 Å². The lowest BCUT2D eigenvalue weighted by Crippen LogP contribution is -2.26. The van der Waals surface area contributed by atoms with Crippen molar-refractivity contribution in [3.8, 4) is 0 Å². The molecule has 0 unspecified atom stereocenters. The molecule has 3 aromatic rings. The van der Waals surface area contributed by atoms with E-state index in [0.717, 1.165) is 42.5 Å². The van der Waals surface area contributed by atoms with Crippen LogP contribution < -0.4 is 5.69 Å². The summed E-state index contributed by atoms with van der Waals surface area (Å²) in [4.78, 5) is 28.9. The van der Waals surface area contributed by atoms with E-state index in [-0.39, 0.29) is 24.2 Å². The number of nitrogens with zero attached hydrogens (tertiary/aromatic N) is 4. The summed E-state index contributed by atoms with van der Waals surface area (Å²) in [7, 11) is 0. The fourth-order valence-electron chi connectivity index (χ4n) is 4.02. The summed E-state index contributed by atoms with van der Waals surface area (Å²) in [5, 5.41) is 7.90. The summed E-state index contributed by atoms with van der Waals surface area (Å²) >= 11 is 0. The SMILES string of the molecule is C=Cc1c(C=N)n(Cc2nc3ccccc3n2CCCCOC(C)=O)c(=O)n1C1CC1. The van der Waals surface area contributed by atoms with Gasteiger partial charge in [-0.15, -0.1) is 0 Å². The maximum Gasteiger partial charge on any atom is 0.329 e. The van der Waals surface area contributed by atoms with Crippen molar-refractivity contribution < 1.29 is 9.53 Å². The third kappa shape index (κ3) is 4.10. The van der Waals surface area contributed by atoms with E-state index in [1.54, 1.807) is 15.2 Å². The average Bonchev–Trinajstić information content (AvgIpc) is 3.48. The molecule has 1 saturated carbocycles. The van der Waals surface area contributed by atoms with E-state index in [1.807, 2.05) is 24.3 Å². The molecular formula is C23H27N5O3. The highest BCUT2D eigenvalue weighted by molar-refractivity contribution is 5.80. The van der Waals surface area contributed by atoms with Crippen LogP contribution in [0.5, 0.6) is 0 Å². The van der Waals surface area contributed by atoms with Crippen molar-refractivity contribution in [1.82, 2.24) is 18.7 Å². The number of unbranched alkanes of at least 4 members (excludes halogenated alkanes) is 1. The van der Waals surface area contributed by atoms with Gasteiger partial charge < -0.3 is 14.7 Å². The topological polar surface area (TPSA) is 94.9 Å². The molecule has 4 rings (SSSR count). The van der Waals surface area contributed by atoms with Crippen LogP contribution in [-0.4, -0.2) is 37.5 Å². The zero-order chi connectivity index (χ0) is 22.0. The van der Waals surface area contributed by atoms with E-state index in [4.69, 9.17) is 15.1 Å². The number of esters is 1. The van der Waals surface area contributed by atoms with Gasteiger partial charge in [-0.25, -0.2) is 9.78 Å². The minimum atomic E-state index is -0.273. The molecule has 1 aliphatic carbocycles. The van der Waals surface area contributed by atoms with Crippen molar-refractivity contribution in [3.63, 3.8) is 0 Å².